The summed E-state index contributed by atoms with van der Waals surface area (Å²) < 4.78 is 5.91. The Morgan fingerprint density at radius 2 is 1.74 bits per heavy atom. The number of para-hydroxylation sites is 1. The number of aromatic nitrogens is 1. The van der Waals surface area contributed by atoms with Gasteiger partial charge in [0.1, 0.15) is 12.4 Å². The van der Waals surface area contributed by atoms with Crippen molar-refractivity contribution in [2.24, 2.45) is 5.92 Å². The summed E-state index contributed by atoms with van der Waals surface area (Å²) in [7, 11) is 0. The largest absolute Gasteiger partial charge is 0.487 e. The summed E-state index contributed by atoms with van der Waals surface area (Å²) in [6.45, 7) is 0.439. The molecule has 2 aromatic carbocycles. The van der Waals surface area contributed by atoms with Crippen LogP contribution in [0.2, 0.25) is 0 Å². The van der Waals surface area contributed by atoms with E-state index in [4.69, 9.17) is 4.74 Å². The average molecular weight is 362 g/mol. The number of nitrogens with one attached hydrogen (secondary N) is 1. The molecular weight excluding hydrogens is 336 g/mol. The molecule has 1 atom stereocenters. The second kappa shape index (κ2) is 8.51. The molecule has 0 radical (unpaired) electrons. The van der Waals surface area contributed by atoms with E-state index in [0.717, 1.165) is 27.9 Å². The number of hydroxylamine groups is 1. The maximum atomic E-state index is 9.65. The summed E-state index contributed by atoms with van der Waals surface area (Å²) >= 11 is 0. The smallest absolute Gasteiger partial charge is 0.130 e. The molecule has 1 saturated carbocycles. The van der Waals surface area contributed by atoms with E-state index in [2.05, 4.69) is 22.6 Å². The second-order valence-electron chi connectivity index (χ2n) is 7.36. The number of hydrogen-bond acceptors (Lipinski definition) is 4. The summed E-state index contributed by atoms with van der Waals surface area (Å²) in [6, 6.07) is 20.2. The average Bonchev–Trinajstić information content (AvgIpc) is 2.74. The number of nitrogens with zero attached hydrogens (tertiary/aromatic N) is 1. The first-order chi connectivity index (χ1) is 13.3. The van der Waals surface area contributed by atoms with Crippen LogP contribution in [0.4, 0.5) is 0 Å². The summed E-state index contributed by atoms with van der Waals surface area (Å²) in [5.74, 6) is 1.31. The van der Waals surface area contributed by atoms with Crippen molar-refractivity contribution in [3.05, 3.63) is 71.9 Å². The van der Waals surface area contributed by atoms with Crippen LogP contribution in [-0.4, -0.2) is 10.2 Å². The lowest BCUT2D eigenvalue weighted by Gasteiger charge is -2.29. The van der Waals surface area contributed by atoms with Crippen LogP contribution in [0.5, 0.6) is 5.75 Å². The van der Waals surface area contributed by atoms with Gasteiger partial charge in [0.15, 0.2) is 0 Å². The third kappa shape index (κ3) is 4.29. The Morgan fingerprint density at radius 3 is 2.52 bits per heavy atom. The minimum absolute atomic E-state index is 0.00139. The van der Waals surface area contributed by atoms with Crippen molar-refractivity contribution in [2.45, 2.75) is 44.8 Å². The van der Waals surface area contributed by atoms with Gasteiger partial charge in [-0.3, -0.25) is 0 Å². The predicted octanol–water partition coefficient (Wildman–Crippen LogP) is 5.41. The van der Waals surface area contributed by atoms with Gasteiger partial charge in [0, 0.05) is 5.39 Å². The van der Waals surface area contributed by atoms with Crippen molar-refractivity contribution in [3.8, 4) is 5.75 Å². The SMILES string of the molecule is ONC(c1ccc(OCc2ccc3ccccc3n2)cc1)C1CCCCC1. The molecule has 1 aliphatic rings. The summed E-state index contributed by atoms with van der Waals surface area (Å²) in [5.41, 5.74) is 5.54. The highest BCUT2D eigenvalue weighted by Gasteiger charge is 2.24. The Balaban J connectivity index is 1.40. The first-order valence-electron chi connectivity index (χ1n) is 9.80. The highest BCUT2D eigenvalue weighted by Crippen LogP contribution is 2.34. The quantitative estimate of drug-likeness (QED) is 0.575. The lowest BCUT2D eigenvalue weighted by Crippen LogP contribution is -2.27. The summed E-state index contributed by atoms with van der Waals surface area (Å²) in [6.07, 6.45) is 6.16. The van der Waals surface area contributed by atoms with Crippen molar-refractivity contribution in [1.29, 1.82) is 0 Å². The molecule has 27 heavy (non-hydrogen) atoms. The van der Waals surface area contributed by atoms with Gasteiger partial charge in [-0.1, -0.05) is 55.7 Å². The van der Waals surface area contributed by atoms with E-state index < -0.39 is 0 Å². The van der Waals surface area contributed by atoms with Gasteiger partial charge in [-0.2, -0.15) is 5.48 Å². The van der Waals surface area contributed by atoms with Gasteiger partial charge in [0.2, 0.25) is 0 Å². The van der Waals surface area contributed by atoms with Crippen molar-refractivity contribution >= 4 is 10.9 Å². The van der Waals surface area contributed by atoms with Crippen molar-refractivity contribution in [2.75, 3.05) is 0 Å². The highest BCUT2D eigenvalue weighted by molar-refractivity contribution is 5.78. The zero-order chi connectivity index (χ0) is 18.5. The molecule has 0 spiro atoms. The molecule has 1 aromatic heterocycles. The zero-order valence-electron chi connectivity index (χ0n) is 15.5. The van der Waals surface area contributed by atoms with Gasteiger partial charge in [-0.25, -0.2) is 4.98 Å². The van der Waals surface area contributed by atoms with E-state index in [1.807, 2.05) is 48.5 Å². The first-order valence-corrected chi connectivity index (χ1v) is 9.80. The van der Waals surface area contributed by atoms with Gasteiger partial charge in [-0.15, -0.1) is 0 Å². The Hall–Kier alpha value is -2.43. The van der Waals surface area contributed by atoms with Crippen LogP contribution >= 0.6 is 0 Å². The third-order valence-electron chi connectivity index (χ3n) is 5.54. The molecule has 1 fully saturated rings. The molecule has 1 unspecified atom stereocenters. The van der Waals surface area contributed by atoms with Crippen LogP contribution in [0, 0.1) is 5.92 Å². The van der Waals surface area contributed by atoms with E-state index in [1.54, 1.807) is 0 Å². The molecule has 0 aliphatic heterocycles. The number of rotatable bonds is 6. The van der Waals surface area contributed by atoms with E-state index in [9.17, 15) is 5.21 Å². The zero-order valence-corrected chi connectivity index (χ0v) is 15.5. The number of benzene rings is 2. The first kappa shape index (κ1) is 18.0. The third-order valence-corrected chi connectivity index (χ3v) is 5.54. The molecule has 1 aliphatic carbocycles. The lowest BCUT2D eigenvalue weighted by molar-refractivity contribution is 0.0841. The Morgan fingerprint density at radius 1 is 0.963 bits per heavy atom. The molecule has 0 saturated heterocycles. The number of fused-ring (bicyclic) bond motifs is 1. The highest BCUT2D eigenvalue weighted by atomic mass is 16.5. The van der Waals surface area contributed by atoms with Crippen LogP contribution in [0.1, 0.15) is 49.4 Å². The van der Waals surface area contributed by atoms with Crippen LogP contribution in [0.3, 0.4) is 0 Å². The number of hydrogen-bond donors (Lipinski definition) is 2. The maximum absolute atomic E-state index is 9.65. The van der Waals surface area contributed by atoms with Crippen LogP contribution in [0.25, 0.3) is 10.9 Å². The molecule has 0 amide bonds. The summed E-state index contributed by atoms with van der Waals surface area (Å²) in [4.78, 5) is 4.64. The molecular formula is C23H26N2O2. The second-order valence-corrected chi connectivity index (χ2v) is 7.36. The Kier molecular flexibility index (Phi) is 5.66. The van der Waals surface area contributed by atoms with Gasteiger partial charge >= 0.3 is 0 Å². The molecule has 2 N–H and O–H groups in total. The lowest BCUT2D eigenvalue weighted by atomic mass is 9.81. The maximum Gasteiger partial charge on any atom is 0.130 e. The van der Waals surface area contributed by atoms with Crippen LogP contribution < -0.4 is 10.2 Å². The van der Waals surface area contributed by atoms with Crippen molar-refractivity contribution < 1.29 is 9.94 Å². The van der Waals surface area contributed by atoms with Gasteiger partial charge in [0.05, 0.1) is 17.3 Å². The van der Waals surface area contributed by atoms with E-state index in [1.165, 1.54) is 32.1 Å². The fourth-order valence-electron chi connectivity index (χ4n) is 4.04. The Labute approximate surface area is 160 Å². The molecule has 0 bridgehead atoms. The normalized spacial score (nSPS) is 16.3. The standard InChI is InChI=1S/C23H26N2O2/c26-25-23(18-7-2-1-3-8-18)19-11-14-21(15-12-19)27-16-20-13-10-17-6-4-5-9-22(17)24-20/h4-6,9-15,18,23,25-26H,1-3,7-8,16H2. The Bertz CT molecular complexity index is 873. The molecule has 4 nitrogen and oxygen atoms in total. The molecule has 4 rings (SSSR count). The van der Waals surface area contributed by atoms with Crippen LogP contribution in [-0.2, 0) is 6.61 Å². The summed E-state index contributed by atoms with van der Waals surface area (Å²) in [5, 5.41) is 10.8. The van der Waals surface area contributed by atoms with Crippen molar-refractivity contribution in [1.82, 2.24) is 10.5 Å². The van der Waals surface area contributed by atoms with Gasteiger partial charge in [-0.05, 0) is 48.6 Å². The fourth-order valence-corrected chi connectivity index (χ4v) is 4.04. The van der Waals surface area contributed by atoms with E-state index >= 15 is 0 Å². The molecule has 4 heteroatoms. The van der Waals surface area contributed by atoms with E-state index in [0.29, 0.717) is 12.5 Å². The minimum atomic E-state index is 0.00139. The molecule has 3 aromatic rings. The molecule has 140 valence electrons. The monoisotopic (exact) mass is 362 g/mol. The molecule has 1 heterocycles. The minimum Gasteiger partial charge on any atom is -0.487 e. The van der Waals surface area contributed by atoms with Gasteiger partial charge < -0.3 is 9.94 Å². The van der Waals surface area contributed by atoms with Crippen molar-refractivity contribution in [3.63, 3.8) is 0 Å². The number of ether oxygens (including phenoxy) is 1. The number of pyridine rings is 1. The fraction of sp³-hybridized carbons (Fsp3) is 0.348. The van der Waals surface area contributed by atoms with E-state index in [-0.39, 0.29) is 6.04 Å². The van der Waals surface area contributed by atoms with Crippen LogP contribution in [0.15, 0.2) is 60.7 Å². The predicted molar refractivity (Wildman–Crippen MR) is 107 cm³/mol. The van der Waals surface area contributed by atoms with Gasteiger partial charge in [0.25, 0.3) is 0 Å². The topological polar surface area (TPSA) is 54.4 Å².